The molecule has 1 aromatic rings. The van der Waals surface area contributed by atoms with Crippen molar-refractivity contribution in [3.63, 3.8) is 0 Å². The largest absolute Gasteiger partial charge is 0.462 e. The Balaban J connectivity index is 2.94. The summed E-state index contributed by atoms with van der Waals surface area (Å²) in [5, 5.41) is 2.69. The maximum absolute atomic E-state index is 13.6. The number of hydrogen-bond acceptors (Lipinski definition) is 9. The van der Waals surface area contributed by atoms with E-state index in [0.29, 0.717) is 0 Å². The van der Waals surface area contributed by atoms with Gasteiger partial charge < -0.3 is 14.4 Å². The summed E-state index contributed by atoms with van der Waals surface area (Å²) >= 11 is 0.888. The molecule has 0 saturated heterocycles. The number of amides is 1. The van der Waals surface area contributed by atoms with Crippen molar-refractivity contribution in [2.75, 3.05) is 25.7 Å². The van der Waals surface area contributed by atoms with E-state index in [0.717, 1.165) is 16.9 Å². The number of benzene rings is 1. The molecule has 1 rings (SSSR count). The van der Waals surface area contributed by atoms with Gasteiger partial charge in [0.05, 0.1) is 11.0 Å². The Morgan fingerprint density at radius 3 is 2.23 bits per heavy atom. The second kappa shape index (κ2) is 13.1. The molecule has 0 spiro atoms. The van der Waals surface area contributed by atoms with Crippen molar-refractivity contribution in [3.8, 4) is 0 Å². The summed E-state index contributed by atoms with van der Waals surface area (Å²) in [5.41, 5.74) is 0.207. The lowest BCUT2D eigenvalue weighted by Crippen LogP contribution is -2.36. The second-order valence-corrected chi connectivity index (χ2v) is 15.9. The van der Waals surface area contributed by atoms with Crippen LogP contribution in [0.4, 0.5) is 4.79 Å². The Kier molecular flexibility index (Phi) is 11.8. The number of nitrogens with zero attached hydrogens (tertiary/aromatic N) is 1. The second-order valence-electron chi connectivity index (χ2n) is 9.26. The van der Waals surface area contributed by atoms with E-state index in [9.17, 15) is 22.6 Å². The van der Waals surface area contributed by atoms with Crippen LogP contribution in [0.3, 0.4) is 0 Å². The molecule has 10 nitrogen and oxygen atoms in total. The van der Waals surface area contributed by atoms with E-state index < -0.39 is 46.7 Å². The number of hydrogen-bond donors (Lipinski definition) is 1. The van der Waals surface area contributed by atoms with Crippen LogP contribution in [0.5, 0.6) is 0 Å². The Morgan fingerprint density at radius 2 is 1.71 bits per heavy atom. The lowest BCUT2D eigenvalue weighted by molar-refractivity contribution is -0.148. The zero-order valence-corrected chi connectivity index (χ0v) is 24.1. The molecule has 1 amide bonds. The van der Waals surface area contributed by atoms with E-state index in [4.69, 9.17) is 13.7 Å². The number of nitrogens with one attached hydrogen (secondary N) is 1. The van der Waals surface area contributed by atoms with Crippen LogP contribution in [0.15, 0.2) is 29.2 Å². The Hall–Kier alpha value is -1.59. The first-order valence-corrected chi connectivity index (χ1v) is 16.0. The average molecular weight is 553 g/mol. The van der Waals surface area contributed by atoms with E-state index in [2.05, 4.69) is 5.09 Å². The summed E-state index contributed by atoms with van der Waals surface area (Å²) in [6.45, 7) is 8.42. The molecule has 0 bridgehead atoms. The van der Waals surface area contributed by atoms with Gasteiger partial charge in [0, 0.05) is 19.3 Å². The van der Waals surface area contributed by atoms with Crippen LogP contribution in [0.1, 0.15) is 47.1 Å². The molecule has 0 aliphatic rings. The maximum Gasteiger partial charge on any atom is 0.410 e. The van der Waals surface area contributed by atoms with E-state index in [1.165, 1.54) is 31.0 Å². The van der Waals surface area contributed by atoms with Gasteiger partial charge in [-0.15, -0.1) is 0 Å². The minimum atomic E-state index is -4.19. The molecular formula is C22H37N2O8PS2. The molecule has 35 heavy (non-hydrogen) atoms. The summed E-state index contributed by atoms with van der Waals surface area (Å²) in [5.74, 6) is -0.465. The molecule has 0 aromatic heterocycles. The van der Waals surface area contributed by atoms with Crippen LogP contribution in [0.25, 0.3) is 0 Å². The van der Waals surface area contributed by atoms with Crippen LogP contribution >= 0.6 is 17.9 Å². The Morgan fingerprint density at radius 1 is 1.14 bits per heavy atom. The summed E-state index contributed by atoms with van der Waals surface area (Å²) < 4.78 is 54.4. The lowest BCUT2D eigenvalue weighted by atomic mass is 10.2. The molecule has 13 heteroatoms. The third kappa shape index (κ3) is 11.8. The fourth-order valence-electron chi connectivity index (χ4n) is 2.46. The molecule has 2 atom stereocenters. The van der Waals surface area contributed by atoms with Crippen molar-refractivity contribution in [2.45, 2.75) is 71.1 Å². The average Bonchev–Trinajstić information content (AvgIpc) is 2.71. The van der Waals surface area contributed by atoms with Gasteiger partial charge in [-0.25, -0.2) is 9.88 Å². The third-order valence-corrected chi connectivity index (χ3v) is 10.1. The fourth-order valence-corrected chi connectivity index (χ4v) is 8.19. The molecule has 1 N–H and O–H groups in total. The minimum Gasteiger partial charge on any atom is -0.462 e. The number of aryl methyl sites for hydroxylation is 1. The highest BCUT2D eigenvalue weighted by Crippen LogP contribution is 2.55. The van der Waals surface area contributed by atoms with E-state index in [1.807, 2.05) is 6.92 Å². The number of carbonyl (C=O) groups is 2. The number of ether oxygens (including phenoxy) is 2. The first-order valence-electron chi connectivity index (χ1n) is 11.1. The number of esters is 1. The van der Waals surface area contributed by atoms with Gasteiger partial charge in [0.2, 0.25) is 6.49 Å². The van der Waals surface area contributed by atoms with Gasteiger partial charge in [-0.2, -0.15) is 8.42 Å². The van der Waals surface area contributed by atoms with Gasteiger partial charge in [0.1, 0.15) is 18.0 Å². The minimum absolute atomic E-state index is 0.0726. The van der Waals surface area contributed by atoms with Crippen LogP contribution < -0.4 is 5.09 Å². The van der Waals surface area contributed by atoms with Crippen LogP contribution in [-0.2, 0) is 33.1 Å². The lowest BCUT2D eigenvalue weighted by Gasteiger charge is -2.26. The topological polar surface area (TPSA) is 128 Å². The van der Waals surface area contributed by atoms with E-state index >= 15 is 0 Å². The fraction of sp³-hybridized carbons (Fsp3) is 0.636. The van der Waals surface area contributed by atoms with E-state index in [1.54, 1.807) is 46.8 Å². The summed E-state index contributed by atoms with van der Waals surface area (Å²) in [6.07, 6.45) is -1.61. The molecule has 200 valence electrons. The van der Waals surface area contributed by atoms with Gasteiger partial charge >= 0.3 is 12.1 Å². The predicted octanol–water partition coefficient (Wildman–Crippen LogP) is 4.38. The van der Waals surface area contributed by atoms with Crippen molar-refractivity contribution in [1.29, 1.82) is 0 Å². The van der Waals surface area contributed by atoms with Crippen LogP contribution in [-0.4, -0.2) is 68.8 Å². The molecule has 1 aromatic carbocycles. The van der Waals surface area contributed by atoms with Gasteiger partial charge in [-0.05, 0) is 60.6 Å². The van der Waals surface area contributed by atoms with Gasteiger partial charge in [0.15, 0.2) is 0 Å². The van der Waals surface area contributed by atoms with E-state index in [-0.39, 0.29) is 23.3 Å². The van der Waals surface area contributed by atoms with Crippen molar-refractivity contribution in [2.24, 2.45) is 0 Å². The Labute approximate surface area is 212 Å². The third-order valence-electron chi connectivity index (χ3n) is 4.21. The van der Waals surface area contributed by atoms with Crippen LogP contribution in [0, 0.1) is 6.92 Å². The molecule has 0 aliphatic heterocycles. The van der Waals surface area contributed by atoms with Crippen molar-refractivity contribution in [1.82, 2.24) is 9.99 Å². The van der Waals surface area contributed by atoms with Gasteiger partial charge in [0.25, 0.3) is 10.1 Å². The zero-order chi connectivity index (χ0) is 27.0. The quantitative estimate of drug-likeness (QED) is 0.227. The smallest absolute Gasteiger partial charge is 0.410 e. The summed E-state index contributed by atoms with van der Waals surface area (Å²) in [6, 6.07) is 5.06. The SMILES string of the molecule is Cc1ccc(S(=O)(=O)OCP(=O)(N[C@@H](C)C(=O)OC(C)C)SCCN(C)C(=O)OC(C)(C)C)cc1. The monoisotopic (exact) mass is 552 g/mol. The highest BCUT2D eigenvalue weighted by atomic mass is 32.7. The normalized spacial score (nSPS) is 14.8. The van der Waals surface area contributed by atoms with Crippen molar-refractivity contribution < 1.29 is 36.2 Å². The molecule has 0 fully saturated rings. The standard InChI is InChI=1S/C22H37N2O8PS2/c1-16(2)31-20(25)18(4)23-33(27,34-14-13-24(8)21(26)32-22(5,6)7)15-30-35(28,29)19-11-9-17(3)10-12-19/h9-12,16,18H,13-15H2,1-8H3,(H,23,27)/t18-,33?/m0/s1. The summed E-state index contributed by atoms with van der Waals surface area (Å²) in [7, 11) is -2.65. The highest BCUT2D eigenvalue weighted by Gasteiger charge is 2.32. The number of rotatable bonds is 12. The highest BCUT2D eigenvalue weighted by molar-refractivity contribution is 8.57. The molecule has 1 unspecified atom stereocenters. The van der Waals surface area contributed by atoms with Crippen molar-refractivity contribution >= 4 is 40.1 Å². The Bertz CT molecular complexity index is 1010. The zero-order valence-electron chi connectivity index (χ0n) is 21.6. The number of carbonyl (C=O) groups excluding carboxylic acids is 2. The first kappa shape index (κ1) is 31.4. The molecule has 0 heterocycles. The molecule has 0 radical (unpaired) electrons. The maximum atomic E-state index is 13.6. The predicted molar refractivity (Wildman–Crippen MR) is 137 cm³/mol. The van der Waals surface area contributed by atoms with Gasteiger partial charge in [-0.1, -0.05) is 29.1 Å². The molecule has 0 saturated carbocycles. The summed E-state index contributed by atoms with van der Waals surface area (Å²) in [4.78, 5) is 25.7. The first-order chi connectivity index (χ1) is 15.9. The van der Waals surface area contributed by atoms with Gasteiger partial charge in [-0.3, -0.25) is 13.5 Å². The molecule has 0 aliphatic carbocycles. The van der Waals surface area contributed by atoms with Crippen molar-refractivity contribution in [3.05, 3.63) is 29.8 Å². The molecular weight excluding hydrogens is 515 g/mol. The van der Waals surface area contributed by atoms with Crippen LogP contribution in [0.2, 0.25) is 0 Å².